The number of nitrogens with two attached hydrogens (primary N) is 1. The topological polar surface area (TPSA) is 26.0 Å². The Morgan fingerprint density at radius 1 is 0.618 bits per heavy atom. The molecule has 34 heavy (non-hydrogen) atoms. The van der Waals surface area contributed by atoms with Crippen molar-refractivity contribution in [1.82, 2.24) is 0 Å². The lowest BCUT2D eigenvalue weighted by atomic mass is 9.95. The molecule has 0 aliphatic heterocycles. The minimum absolute atomic E-state index is 0.333. The van der Waals surface area contributed by atoms with Crippen LogP contribution in [0.5, 0.6) is 0 Å². The molecule has 0 aromatic heterocycles. The first-order chi connectivity index (χ1) is 15.4. The third-order valence-electron chi connectivity index (χ3n) is 6.90. The minimum Gasteiger partial charge on any atom is -0.328 e. The molecule has 0 spiro atoms. The zero-order chi connectivity index (χ0) is 28.1. The van der Waals surface area contributed by atoms with Crippen molar-refractivity contribution in [3.63, 3.8) is 0 Å². The summed E-state index contributed by atoms with van der Waals surface area (Å²) < 4.78 is 0. The molecule has 2 aliphatic rings. The highest BCUT2D eigenvalue weighted by Crippen LogP contribution is 2.50. The largest absolute Gasteiger partial charge is 0.328 e. The van der Waals surface area contributed by atoms with Crippen LogP contribution in [0.1, 0.15) is 163 Å². The van der Waals surface area contributed by atoms with Gasteiger partial charge in [-0.3, -0.25) is 0 Å². The monoisotopic (exact) mass is 486 g/mol. The smallest absolute Gasteiger partial charge is 0.00179 e. The van der Waals surface area contributed by atoms with Crippen LogP contribution in [0.2, 0.25) is 0 Å². The van der Waals surface area contributed by atoms with Crippen LogP contribution in [0.15, 0.2) is 0 Å². The highest BCUT2D eigenvalue weighted by Gasteiger charge is 2.39. The quantitative estimate of drug-likeness (QED) is 0.397. The van der Waals surface area contributed by atoms with E-state index in [0.717, 1.165) is 46.8 Å². The number of rotatable bonds is 6. The molecule has 1 heteroatoms. The zero-order valence-corrected chi connectivity index (χ0v) is 27.6. The maximum Gasteiger partial charge on any atom is -0.00179 e. The van der Waals surface area contributed by atoms with Gasteiger partial charge in [-0.05, 0) is 72.1 Å². The maximum absolute atomic E-state index is 5.11. The van der Waals surface area contributed by atoms with Crippen LogP contribution in [0.3, 0.4) is 0 Å². The number of hydrogen-bond acceptors (Lipinski definition) is 1. The maximum atomic E-state index is 5.11. The molecule has 212 valence electrons. The van der Waals surface area contributed by atoms with Crippen molar-refractivity contribution in [2.75, 3.05) is 0 Å². The molecular weight excluding hydrogens is 410 g/mol. The summed E-state index contributed by atoms with van der Waals surface area (Å²) in [5.41, 5.74) is 5.86. The molecule has 0 unspecified atom stereocenters. The third kappa shape index (κ3) is 45.5. The summed E-state index contributed by atoms with van der Waals surface area (Å²) in [6, 6.07) is 0.333. The average molecular weight is 486 g/mol. The molecule has 0 aromatic rings. The van der Waals surface area contributed by atoms with E-state index in [1.165, 1.54) is 44.9 Å². The van der Waals surface area contributed by atoms with E-state index >= 15 is 0 Å². The van der Waals surface area contributed by atoms with Gasteiger partial charge in [0.2, 0.25) is 0 Å². The van der Waals surface area contributed by atoms with Crippen molar-refractivity contribution < 1.29 is 0 Å². The zero-order valence-electron chi connectivity index (χ0n) is 27.6. The molecule has 1 nitrogen and oxygen atoms in total. The van der Waals surface area contributed by atoms with Crippen molar-refractivity contribution in [2.24, 2.45) is 52.6 Å². The van der Waals surface area contributed by atoms with Gasteiger partial charge in [-0.1, -0.05) is 143 Å². The van der Waals surface area contributed by atoms with Crippen LogP contribution in [-0.2, 0) is 0 Å². The number of hydrogen-bond donors (Lipinski definition) is 1. The second-order valence-corrected chi connectivity index (χ2v) is 13.7. The predicted molar refractivity (Wildman–Crippen MR) is 164 cm³/mol. The minimum atomic E-state index is 0.333. The van der Waals surface area contributed by atoms with E-state index in [-0.39, 0.29) is 0 Å². The lowest BCUT2D eigenvalue weighted by Gasteiger charge is -2.10. The standard InChI is InChI=1S/2C7H14.C6H14.2C5H12.C3H9N/c1-6(2)7(3)4-5-7;1-6(2)5-7-3-4-7;1-5(2)6(3)4;2*1-4-5(2)3;1-3(2)4/h6H,4-5H2,1-3H3;6-7H,3-5H2,1-2H3;5-6H,1-4H3;2*5H,4H2,1-3H3;3H,4H2,1-2H3. The van der Waals surface area contributed by atoms with E-state index in [1.807, 2.05) is 13.8 Å². The second kappa shape index (κ2) is 24.6. The highest BCUT2D eigenvalue weighted by atomic mass is 14.6. The fraction of sp³-hybridized carbons (Fsp3) is 1.00. The summed E-state index contributed by atoms with van der Waals surface area (Å²) in [5, 5.41) is 0. The molecular formula is C33H75N. The highest BCUT2D eigenvalue weighted by molar-refractivity contribution is 4.90. The average Bonchev–Trinajstić information content (AvgIpc) is 3.61. The van der Waals surface area contributed by atoms with Crippen molar-refractivity contribution in [1.29, 1.82) is 0 Å². The van der Waals surface area contributed by atoms with Gasteiger partial charge >= 0.3 is 0 Å². The Kier molecular flexibility index (Phi) is 29.8. The fourth-order valence-electron chi connectivity index (χ4n) is 1.79. The van der Waals surface area contributed by atoms with Gasteiger partial charge in [0.05, 0.1) is 0 Å². The molecule has 0 bridgehead atoms. The van der Waals surface area contributed by atoms with E-state index in [4.69, 9.17) is 5.73 Å². The Morgan fingerprint density at radius 3 is 0.912 bits per heavy atom. The summed E-state index contributed by atoms with van der Waals surface area (Å²) in [5.74, 6) is 6.44. The third-order valence-corrected chi connectivity index (χ3v) is 6.90. The van der Waals surface area contributed by atoms with Gasteiger partial charge in [0, 0.05) is 0 Å². The first kappa shape index (κ1) is 41.1. The van der Waals surface area contributed by atoms with Crippen LogP contribution in [-0.4, -0.2) is 6.04 Å². The van der Waals surface area contributed by atoms with Crippen LogP contribution < -0.4 is 5.73 Å². The van der Waals surface area contributed by atoms with Gasteiger partial charge in [-0.2, -0.15) is 0 Å². The van der Waals surface area contributed by atoms with Crippen molar-refractivity contribution in [3.8, 4) is 0 Å². The van der Waals surface area contributed by atoms with Crippen LogP contribution in [0, 0.1) is 46.8 Å². The molecule has 0 atom stereocenters. The van der Waals surface area contributed by atoms with E-state index in [2.05, 4.69) is 104 Å². The summed E-state index contributed by atoms with van der Waals surface area (Å²) in [6.07, 6.45) is 10.0. The van der Waals surface area contributed by atoms with Gasteiger partial charge in [0.25, 0.3) is 0 Å². The molecule has 2 saturated carbocycles. The Hall–Kier alpha value is -0.0400. The van der Waals surface area contributed by atoms with Crippen molar-refractivity contribution in [3.05, 3.63) is 0 Å². The normalized spacial score (nSPS) is 15.4. The first-order valence-electron chi connectivity index (χ1n) is 15.1. The Bertz CT molecular complexity index is 351. The fourth-order valence-corrected chi connectivity index (χ4v) is 1.79. The van der Waals surface area contributed by atoms with E-state index in [1.54, 1.807) is 0 Å². The molecule has 0 aromatic carbocycles. The molecule has 0 radical (unpaired) electrons. The molecule has 2 N–H and O–H groups in total. The molecule has 2 fully saturated rings. The Balaban J connectivity index is -0.000000161. The predicted octanol–water partition coefficient (Wildman–Crippen LogP) is 11.6. The van der Waals surface area contributed by atoms with Gasteiger partial charge in [0.1, 0.15) is 0 Å². The first-order valence-corrected chi connectivity index (χ1v) is 15.1. The van der Waals surface area contributed by atoms with Gasteiger partial charge in [-0.25, -0.2) is 0 Å². The van der Waals surface area contributed by atoms with Gasteiger partial charge < -0.3 is 5.73 Å². The molecule has 0 amide bonds. The van der Waals surface area contributed by atoms with Crippen LogP contribution in [0.25, 0.3) is 0 Å². The Labute approximate surface area is 221 Å². The van der Waals surface area contributed by atoms with Crippen LogP contribution in [0.4, 0.5) is 0 Å². The summed E-state index contributed by atoms with van der Waals surface area (Å²) >= 11 is 0. The lowest BCUT2D eigenvalue weighted by molar-refractivity contribution is 0.397. The van der Waals surface area contributed by atoms with Crippen molar-refractivity contribution in [2.45, 2.75) is 169 Å². The lowest BCUT2D eigenvalue weighted by Crippen LogP contribution is -2.06. The SMILES string of the molecule is CC(C)C(C)C.CC(C)C1(C)CC1.CC(C)CC1CC1.CC(C)N.CCC(C)C.CCC(C)C. The van der Waals surface area contributed by atoms with Crippen LogP contribution >= 0.6 is 0 Å². The molecule has 0 saturated heterocycles. The van der Waals surface area contributed by atoms with E-state index in [9.17, 15) is 0 Å². The molecule has 2 rings (SSSR count). The molecule has 0 heterocycles. The van der Waals surface area contributed by atoms with Gasteiger partial charge in [-0.15, -0.1) is 0 Å². The van der Waals surface area contributed by atoms with Gasteiger partial charge in [0.15, 0.2) is 0 Å². The summed E-state index contributed by atoms with van der Waals surface area (Å²) in [4.78, 5) is 0. The Morgan fingerprint density at radius 2 is 0.882 bits per heavy atom. The van der Waals surface area contributed by atoms with E-state index in [0.29, 0.717) is 6.04 Å². The molecule has 2 aliphatic carbocycles. The van der Waals surface area contributed by atoms with Crippen molar-refractivity contribution >= 4 is 0 Å². The summed E-state index contributed by atoms with van der Waals surface area (Å²) in [6.45, 7) is 37.7. The van der Waals surface area contributed by atoms with E-state index < -0.39 is 0 Å². The summed E-state index contributed by atoms with van der Waals surface area (Å²) in [7, 11) is 0. The second-order valence-electron chi connectivity index (χ2n) is 13.7.